The summed E-state index contributed by atoms with van der Waals surface area (Å²) < 4.78 is 0. The third-order valence-electron chi connectivity index (χ3n) is 3.11. The van der Waals surface area contributed by atoms with Crippen molar-refractivity contribution < 1.29 is 9.59 Å². The maximum absolute atomic E-state index is 12.4. The molecule has 2 aromatic rings. The van der Waals surface area contributed by atoms with Gasteiger partial charge in [-0.1, -0.05) is 42.3 Å². The van der Waals surface area contributed by atoms with E-state index in [9.17, 15) is 9.59 Å². The summed E-state index contributed by atoms with van der Waals surface area (Å²) in [5, 5.41) is 2.67. The van der Waals surface area contributed by atoms with Gasteiger partial charge in [0.05, 0.1) is 5.75 Å². The molecule has 0 aromatic heterocycles. The number of carbonyl (C=O) groups excluding carboxylic acids is 2. The lowest BCUT2D eigenvalue weighted by Gasteiger charge is -2.16. The smallest absolute Gasteiger partial charge is 0.252 e. The van der Waals surface area contributed by atoms with Crippen molar-refractivity contribution in [2.75, 3.05) is 5.75 Å². The Balaban J connectivity index is 2.16. The van der Waals surface area contributed by atoms with E-state index < -0.39 is 11.9 Å². The first-order valence-corrected chi connectivity index (χ1v) is 7.92. The van der Waals surface area contributed by atoms with E-state index in [4.69, 9.17) is 12.2 Å². The molecule has 2 aromatic carbocycles. The van der Waals surface area contributed by atoms with Gasteiger partial charge in [-0.25, -0.2) is 0 Å². The molecule has 1 atom stereocenters. The van der Waals surface area contributed by atoms with Crippen molar-refractivity contribution in [1.82, 2.24) is 5.32 Å². The summed E-state index contributed by atoms with van der Waals surface area (Å²) in [6.07, 6.45) is 5.24. The number of rotatable bonds is 6. The van der Waals surface area contributed by atoms with Crippen molar-refractivity contribution in [3.05, 3.63) is 65.7 Å². The molecule has 3 N–H and O–H groups in total. The fraction of sp³-hybridized carbons (Fsp3) is 0.111. The average molecular weight is 324 g/mol. The zero-order chi connectivity index (χ0) is 16.7. The van der Waals surface area contributed by atoms with E-state index in [1.54, 1.807) is 42.5 Å². The first kappa shape index (κ1) is 16.7. The molecule has 2 rings (SSSR count). The first-order chi connectivity index (χ1) is 11.1. The van der Waals surface area contributed by atoms with Crippen LogP contribution in [0.1, 0.15) is 22.0 Å². The van der Waals surface area contributed by atoms with Crippen LogP contribution in [-0.2, 0) is 4.79 Å². The second kappa shape index (κ2) is 8.06. The van der Waals surface area contributed by atoms with Crippen LogP contribution in [0.2, 0.25) is 0 Å². The standard InChI is InChI=1S/C18H16N2O2S/c1-2-11-23-15-10-6-9-14(12-15)18(22)20-16(17(19)21)13-7-4-3-5-8-13/h1,3-10,12,16H,11H2,(H2,19,21)(H,20,22). The van der Waals surface area contributed by atoms with Crippen molar-refractivity contribution in [3.8, 4) is 12.3 Å². The van der Waals surface area contributed by atoms with Gasteiger partial charge in [0.25, 0.3) is 5.91 Å². The number of thioether (sulfide) groups is 1. The van der Waals surface area contributed by atoms with Crippen molar-refractivity contribution in [3.63, 3.8) is 0 Å². The van der Waals surface area contributed by atoms with Crippen LogP contribution in [0, 0.1) is 12.3 Å². The minimum Gasteiger partial charge on any atom is -0.368 e. The third-order valence-corrected chi connectivity index (χ3v) is 4.01. The lowest BCUT2D eigenvalue weighted by molar-refractivity contribution is -0.120. The van der Waals surface area contributed by atoms with E-state index in [0.717, 1.165) is 4.90 Å². The molecule has 4 nitrogen and oxygen atoms in total. The summed E-state index contributed by atoms with van der Waals surface area (Å²) in [6.45, 7) is 0. The van der Waals surface area contributed by atoms with Gasteiger partial charge in [0.2, 0.25) is 5.91 Å². The number of hydrogen-bond donors (Lipinski definition) is 2. The van der Waals surface area contributed by atoms with Crippen LogP contribution in [0.4, 0.5) is 0 Å². The topological polar surface area (TPSA) is 72.2 Å². The fourth-order valence-corrected chi connectivity index (χ4v) is 2.67. The summed E-state index contributed by atoms with van der Waals surface area (Å²) in [6, 6.07) is 15.1. The van der Waals surface area contributed by atoms with E-state index >= 15 is 0 Å². The quantitative estimate of drug-likeness (QED) is 0.633. The highest BCUT2D eigenvalue weighted by molar-refractivity contribution is 7.99. The molecule has 0 aliphatic rings. The molecule has 0 radical (unpaired) electrons. The number of primary amides is 1. The molecule has 116 valence electrons. The largest absolute Gasteiger partial charge is 0.368 e. The SMILES string of the molecule is C#CCSc1cccc(C(=O)NC(C(N)=O)c2ccccc2)c1. The lowest BCUT2D eigenvalue weighted by atomic mass is 10.1. The van der Waals surface area contributed by atoms with Gasteiger partial charge < -0.3 is 11.1 Å². The highest BCUT2D eigenvalue weighted by Gasteiger charge is 2.20. The number of amides is 2. The van der Waals surface area contributed by atoms with Gasteiger partial charge in [-0.05, 0) is 23.8 Å². The molecule has 0 bridgehead atoms. The summed E-state index contributed by atoms with van der Waals surface area (Å²) in [5.41, 5.74) is 6.51. The monoisotopic (exact) mass is 324 g/mol. The highest BCUT2D eigenvalue weighted by Crippen LogP contribution is 2.19. The molecule has 0 spiro atoms. The van der Waals surface area contributed by atoms with Gasteiger partial charge in [0, 0.05) is 10.5 Å². The van der Waals surface area contributed by atoms with Crippen LogP contribution < -0.4 is 11.1 Å². The Hall–Kier alpha value is -2.71. The number of nitrogens with one attached hydrogen (secondary N) is 1. The van der Waals surface area contributed by atoms with Gasteiger partial charge >= 0.3 is 0 Å². The van der Waals surface area contributed by atoms with E-state index in [1.165, 1.54) is 11.8 Å². The van der Waals surface area contributed by atoms with Crippen molar-refractivity contribution in [1.29, 1.82) is 0 Å². The highest BCUT2D eigenvalue weighted by atomic mass is 32.2. The van der Waals surface area contributed by atoms with Crippen LogP contribution in [-0.4, -0.2) is 17.6 Å². The first-order valence-electron chi connectivity index (χ1n) is 6.93. The Morgan fingerprint density at radius 3 is 2.57 bits per heavy atom. The molecular formula is C18H16N2O2S. The third kappa shape index (κ3) is 4.63. The lowest BCUT2D eigenvalue weighted by Crippen LogP contribution is -2.37. The molecule has 1 unspecified atom stereocenters. The van der Waals surface area contributed by atoms with Gasteiger partial charge in [-0.2, -0.15) is 0 Å². The summed E-state index contributed by atoms with van der Waals surface area (Å²) in [5.74, 6) is 2.09. The Labute approximate surface area is 139 Å². The molecule has 0 fully saturated rings. The summed E-state index contributed by atoms with van der Waals surface area (Å²) in [4.78, 5) is 24.9. The van der Waals surface area contributed by atoms with Crippen LogP contribution in [0.15, 0.2) is 59.5 Å². The van der Waals surface area contributed by atoms with E-state index in [1.807, 2.05) is 12.1 Å². The van der Waals surface area contributed by atoms with Gasteiger partial charge in [-0.3, -0.25) is 9.59 Å². The number of carbonyl (C=O) groups is 2. The van der Waals surface area contributed by atoms with Crippen molar-refractivity contribution in [2.45, 2.75) is 10.9 Å². The van der Waals surface area contributed by atoms with E-state index in [0.29, 0.717) is 16.9 Å². The minimum absolute atomic E-state index is 0.360. The summed E-state index contributed by atoms with van der Waals surface area (Å²) in [7, 11) is 0. The number of terminal acetylenes is 1. The normalized spacial score (nSPS) is 11.3. The fourth-order valence-electron chi connectivity index (χ4n) is 2.03. The van der Waals surface area contributed by atoms with Gasteiger partial charge in [0.1, 0.15) is 6.04 Å². The van der Waals surface area contributed by atoms with Crippen LogP contribution in [0.3, 0.4) is 0 Å². The van der Waals surface area contributed by atoms with Gasteiger partial charge in [0.15, 0.2) is 0 Å². The molecule has 2 amide bonds. The molecule has 0 aliphatic heterocycles. The molecular weight excluding hydrogens is 308 g/mol. The maximum atomic E-state index is 12.4. The molecule has 0 saturated carbocycles. The molecule has 0 heterocycles. The van der Waals surface area contributed by atoms with Crippen LogP contribution in [0.25, 0.3) is 0 Å². The number of hydrogen-bond acceptors (Lipinski definition) is 3. The second-order valence-electron chi connectivity index (χ2n) is 4.74. The average Bonchev–Trinajstić information content (AvgIpc) is 2.58. The predicted octanol–water partition coefficient (Wildman–Crippen LogP) is 2.37. The zero-order valence-electron chi connectivity index (χ0n) is 12.4. The molecule has 5 heteroatoms. The van der Waals surface area contributed by atoms with Crippen LogP contribution >= 0.6 is 11.8 Å². The number of benzene rings is 2. The summed E-state index contributed by atoms with van der Waals surface area (Å²) >= 11 is 1.47. The van der Waals surface area contributed by atoms with E-state index in [-0.39, 0.29) is 5.91 Å². The Morgan fingerprint density at radius 1 is 1.17 bits per heavy atom. The maximum Gasteiger partial charge on any atom is 0.252 e. The second-order valence-corrected chi connectivity index (χ2v) is 5.79. The van der Waals surface area contributed by atoms with E-state index in [2.05, 4.69) is 11.2 Å². The predicted molar refractivity (Wildman–Crippen MR) is 91.8 cm³/mol. The molecule has 23 heavy (non-hydrogen) atoms. The van der Waals surface area contributed by atoms with Crippen molar-refractivity contribution >= 4 is 23.6 Å². The Kier molecular flexibility index (Phi) is 5.84. The van der Waals surface area contributed by atoms with Crippen LogP contribution in [0.5, 0.6) is 0 Å². The Morgan fingerprint density at radius 2 is 1.91 bits per heavy atom. The minimum atomic E-state index is -0.870. The molecule has 0 aliphatic carbocycles. The van der Waals surface area contributed by atoms with Gasteiger partial charge in [-0.15, -0.1) is 18.2 Å². The van der Waals surface area contributed by atoms with Crippen molar-refractivity contribution in [2.24, 2.45) is 5.73 Å². The Bertz CT molecular complexity index is 738. The zero-order valence-corrected chi connectivity index (χ0v) is 13.2. The molecule has 0 saturated heterocycles. The number of nitrogens with two attached hydrogens (primary N) is 1.